The fraction of sp³-hybridized carbons (Fsp3) is 0.0625. The molecule has 0 aliphatic rings. The lowest BCUT2D eigenvalue weighted by Crippen LogP contribution is -1.97. The number of para-hydroxylation sites is 1. The molecule has 5 heteroatoms. The minimum atomic E-state index is -0.253. The number of nitrogens with zero attached hydrogens (tertiary/aromatic N) is 1. The Morgan fingerprint density at radius 3 is 2.57 bits per heavy atom. The molecule has 2 aromatic carbocycles. The van der Waals surface area contributed by atoms with Crippen molar-refractivity contribution in [3.8, 4) is 17.0 Å². The summed E-state index contributed by atoms with van der Waals surface area (Å²) in [5, 5.41) is 2.42. The minimum Gasteiger partial charge on any atom is -0.488 e. The molecule has 0 radical (unpaired) electrons. The fourth-order valence-electron chi connectivity index (χ4n) is 1.96. The van der Waals surface area contributed by atoms with Gasteiger partial charge in [0.15, 0.2) is 5.13 Å². The van der Waals surface area contributed by atoms with Crippen LogP contribution in [0.4, 0.5) is 9.52 Å². The normalized spacial score (nSPS) is 10.5. The zero-order valence-electron chi connectivity index (χ0n) is 11.1. The lowest BCUT2D eigenvalue weighted by molar-refractivity contribution is 0.307. The van der Waals surface area contributed by atoms with Gasteiger partial charge >= 0.3 is 0 Å². The number of thiazole rings is 1. The van der Waals surface area contributed by atoms with Crippen LogP contribution in [0, 0.1) is 5.82 Å². The first-order chi connectivity index (χ1) is 10.2. The third-order valence-corrected chi connectivity index (χ3v) is 3.67. The van der Waals surface area contributed by atoms with Crippen molar-refractivity contribution in [3.63, 3.8) is 0 Å². The first-order valence-corrected chi connectivity index (χ1v) is 7.28. The van der Waals surface area contributed by atoms with Gasteiger partial charge in [-0.1, -0.05) is 24.3 Å². The monoisotopic (exact) mass is 300 g/mol. The molecule has 21 heavy (non-hydrogen) atoms. The van der Waals surface area contributed by atoms with Crippen LogP contribution >= 0.6 is 11.3 Å². The summed E-state index contributed by atoms with van der Waals surface area (Å²) in [6.45, 7) is 0.372. The predicted molar refractivity (Wildman–Crippen MR) is 82.7 cm³/mol. The lowest BCUT2D eigenvalue weighted by atomic mass is 10.1. The summed E-state index contributed by atoms with van der Waals surface area (Å²) in [4.78, 5) is 4.27. The predicted octanol–water partition coefficient (Wildman–Crippen LogP) is 4.11. The zero-order valence-corrected chi connectivity index (χ0v) is 11.9. The van der Waals surface area contributed by atoms with Crippen LogP contribution < -0.4 is 10.5 Å². The number of halogens is 1. The Balaban J connectivity index is 1.81. The van der Waals surface area contributed by atoms with E-state index in [1.165, 1.54) is 23.5 Å². The van der Waals surface area contributed by atoms with Gasteiger partial charge in [-0.2, -0.15) is 0 Å². The molecule has 0 fully saturated rings. The van der Waals surface area contributed by atoms with E-state index in [9.17, 15) is 4.39 Å². The van der Waals surface area contributed by atoms with Crippen LogP contribution in [0.1, 0.15) is 5.56 Å². The van der Waals surface area contributed by atoms with E-state index in [0.29, 0.717) is 11.7 Å². The molecule has 3 rings (SSSR count). The molecule has 0 saturated heterocycles. The highest BCUT2D eigenvalue weighted by molar-refractivity contribution is 7.13. The van der Waals surface area contributed by atoms with Gasteiger partial charge in [-0.15, -0.1) is 11.3 Å². The summed E-state index contributed by atoms with van der Waals surface area (Å²) >= 11 is 1.39. The quantitative estimate of drug-likeness (QED) is 0.788. The smallest absolute Gasteiger partial charge is 0.180 e. The summed E-state index contributed by atoms with van der Waals surface area (Å²) in [7, 11) is 0. The second-order valence-electron chi connectivity index (χ2n) is 4.48. The minimum absolute atomic E-state index is 0.253. The van der Waals surface area contributed by atoms with Gasteiger partial charge in [0.1, 0.15) is 18.2 Å². The number of hydrogen-bond donors (Lipinski definition) is 1. The van der Waals surface area contributed by atoms with Gasteiger partial charge in [-0.3, -0.25) is 0 Å². The van der Waals surface area contributed by atoms with Crippen molar-refractivity contribution in [3.05, 3.63) is 65.3 Å². The molecular formula is C16H13FN2OS. The van der Waals surface area contributed by atoms with E-state index < -0.39 is 0 Å². The molecule has 2 N–H and O–H groups in total. The number of anilines is 1. The van der Waals surface area contributed by atoms with E-state index in [-0.39, 0.29) is 5.82 Å². The van der Waals surface area contributed by atoms with Crippen LogP contribution in [0.2, 0.25) is 0 Å². The Hall–Kier alpha value is -2.40. The molecule has 3 aromatic rings. The summed E-state index contributed by atoms with van der Waals surface area (Å²) < 4.78 is 18.7. The number of nitrogens with two attached hydrogens (primary N) is 1. The standard InChI is InChI=1S/C16H13FN2OS/c17-12-7-5-11(6-8-12)9-20-15-4-2-1-3-13(15)14-10-21-16(18)19-14/h1-8,10H,9H2,(H2,18,19). The van der Waals surface area contributed by atoms with Crippen LogP contribution in [0.15, 0.2) is 53.9 Å². The molecule has 1 heterocycles. The molecule has 0 spiro atoms. The third kappa shape index (κ3) is 3.20. The van der Waals surface area contributed by atoms with Crippen LogP contribution in [0.3, 0.4) is 0 Å². The Morgan fingerprint density at radius 1 is 1.10 bits per heavy atom. The molecule has 106 valence electrons. The van der Waals surface area contributed by atoms with Gasteiger partial charge in [-0.25, -0.2) is 9.37 Å². The number of nitrogen functional groups attached to an aromatic ring is 1. The van der Waals surface area contributed by atoms with Gasteiger partial charge in [0.2, 0.25) is 0 Å². The first-order valence-electron chi connectivity index (χ1n) is 6.40. The molecular weight excluding hydrogens is 287 g/mol. The van der Waals surface area contributed by atoms with Gasteiger partial charge in [0, 0.05) is 10.9 Å². The highest BCUT2D eigenvalue weighted by Crippen LogP contribution is 2.31. The van der Waals surface area contributed by atoms with Crippen molar-refractivity contribution in [1.29, 1.82) is 0 Å². The third-order valence-electron chi connectivity index (χ3n) is 2.99. The van der Waals surface area contributed by atoms with E-state index in [0.717, 1.165) is 22.6 Å². The number of ether oxygens (including phenoxy) is 1. The molecule has 0 unspecified atom stereocenters. The van der Waals surface area contributed by atoms with E-state index in [2.05, 4.69) is 4.98 Å². The van der Waals surface area contributed by atoms with Crippen molar-refractivity contribution in [2.24, 2.45) is 0 Å². The van der Waals surface area contributed by atoms with Crippen LogP contribution in [-0.4, -0.2) is 4.98 Å². The number of aromatic nitrogens is 1. The average Bonchev–Trinajstić information content (AvgIpc) is 2.93. The summed E-state index contributed by atoms with van der Waals surface area (Å²) in [5.41, 5.74) is 8.28. The maximum atomic E-state index is 12.9. The van der Waals surface area contributed by atoms with E-state index in [1.807, 2.05) is 29.6 Å². The summed E-state index contributed by atoms with van der Waals surface area (Å²) in [6.07, 6.45) is 0. The number of rotatable bonds is 4. The Kier molecular flexibility index (Phi) is 3.83. The molecule has 0 bridgehead atoms. The van der Waals surface area contributed by atoms with Gasteiger partial charge < -0.3 is 10.5 Å². The number of hydrogen-bond acceptors (Lipinski definition) is 4. The fourth-order valence-corrected chi connectivity index (χ4v) is 2.52. The van der Waals surface area contributed by atoms with E-state index >= 15 is 0 Å². The Bertz CT molecular complexity index is 740. The highest BCUT2D eigenvalue weighted by Gasteiger charge is 2.09. The molecule has 0 amide bonds. The average molecular weight is 300 g/mol. The van der Waals surface area contributed by atoms with Crippen LogP contribution in [0.25, 0.3) is 11.3 Å². The van der Waals surface area contributed by atoms with Crippen molar-refractivity contribution >= 4 is 16.5 Å². The van der Waals surface area contributed by atoms with Crippen molar-refractivity contribution < 1.29 is 9.13 Å². The maximum Gasteiger partial charge on any atom is 0.180 e. The molecule has 0 atom stereocenters. The SMILES string of the molecule is Nc1nc(-c2ccccc2OCc2ccc(F)cc2)cs1. The highest BCUT2D eigenvalue weighted by atomic mass is 32.1. The van der Waals surface area contributed by atoms with E-state index in [1.54, 1.807) is 12.1 Å². The van der Waals surface area contributed by atoms with Crippen molar-refractivity contribution in [2.45, 2.75) is 6.61 Å². The second kappa shape index (κ2) is 5.93. The second-order valence-corrected chi connectivity index (χ2v) is 5.37. The van der Waals surface area contributed by atoms with Gasteiger partial charge in [-0.05, 0) is 29.8 Å². The lowest BCUT2D eigenvalue weighted by Gasteiger charge is -2.10. The maximum absolute atomic E-state index is 12.9. The van der Waals surface area contributed by atoms with Crippen molar-refractivity contribution in [2.75, 3.05) is 5.73 Å². The molecule has 1 aromatic heterocycles. The Morgan fingerprint density at radius 2 is 1.86 bits per heavy atom. The van der Waals surface area contributed by atoms with Gasteiger partial charge in [0.25, 0.3) is 0 Å². The molecule has 0 saturated carbocycles. The largest absolute Gasteiger partial charge is 0.488 e. The molecule has 0 aliphatic heterocycles. The van der Waals surface area contributed by atoms with Gasteiger partial charge in [0.05, 0.1) is 5.69 Å². The molecule has 0 aliphatic carbocycles. The Labute approximate surface area is 125 Å². The molecule has 3 nitrogen and oxygen atoms in total. The topological polar surface area (TPSA) is 48.1 Å². The first kappa shape index (κ1) is 13.6. The van der Waals surface area contributed by atoms with E-state index in [4.69, 9.17) is 10.5 Å². The summed E-state index contributed by atoms with van der Waals surface area (Å²) in [6, 6.07) is 13.9. The number of benzene rings is 2. The summed E-state index contributed by atoms with van der Waals surface area (Å²) in [5.74, 6) is 0.476. The van der Waals surface area contributed by atoms with Crippen LogP contribution in [0.5, 0.6) is 5.75 Å². The zero-order chi connectivity index (χ0) is 14.7. The van der Waals surface area contributed by atoms with Crippen molar-refractivity contribution in [1.82, 2.24) is 4.98 Å². The van der Waals surface area contributed by atoms with Crippen LogP contribution in [-0.2, 0) is 6.61 Å².